The van der Waals surface area contributed by atoms with E-state index in [0.717, 1.165) is 18.0 Å². The summed E-state index contributed by atoms with van der Waals surface area (Å²) >= 11 is 0. The van der Waals surface area contributed by atoms with Gasteiger partial charge in [-0.25, -0.2) is 4.98 Å². The second-order valence-electron chi connectivity index (χ2n) is 4.16. The van der Waals surface area contributed by atoms with Gasteiger partial charge in [0.2, 0.25) is 0 Å². The van der Waals surface area contributed by atoms with Crippen LogP contribution in [0.15, 0.2) is 29.0 Å². The Morgan fingerprint density at radius 2 is 2.47 bits per heavy atom. The minimum atomic E-state index is 0.538. The Bertz CT molecular complexity index is 456. The van der Waals surface area contributed by atoms with Gasteiger partial charge in [0, 0.05) is 17.9 Å². The van der Waals surface area contributed by atoms with Crippen LogP contribution in [0.25, 0.3) is 11.6 Å². The third-order valence-electron chi connectivity index (χ3n) is 3.11. The van der Waals surface area contributed by atoms with E-state index in [4.69, 9.17) is 4.42 Å². The lowest BCUT2D eigenvalue weighted by atomic mass is 10.0. The monoisotopic (exact) mass is 202 g/mol. The predicted molar refractivity (Wildman–Crippen MR) is 57.6 cm³/mol. The molecule has 3 rings (SSSR count). The van der Waals surface area contributed by atoms with Crippen LogP contribution in [-0.2, 0) is 6.42 Å². The molecule has 3 heterocycles. The van der Waals surface area contributed by atoms with Crippen molar-refractivity contribution < 1.29 is 4.42 Å². The molecule has 78 valence electrons. The molecule has 0 bridgehead atoms. The zero-order valence-corrected chi connectivity index (χ0v) is 8.81. The van der Waals surface area contributed by atoms with Crippen molar-refractivity contribution in [3.05, 3.63) is 30.3 Å². The lowest BCUT2D eigenvalue weighted by molar-refractivity contribution is 0.430. The fraction of sp³-hybridized carbons (Fsp3) is 0.417. The first-order chi connectivity index (χ1) is 7.36. The number of rotatable bonds is 1. The summed E-state index contributed by atoms with van der Waals surface area (Å²) in [6.07, 6.45) is 7.32. The topological polar surface area (TPSA) is 31.0 Å². The van der Waals surface area contributed by atoms with Crippen LogP contribution in [0.1, 0.15) is 31.5 Å². The number of nitrogens with zero attached hydrogens (tertiary/aromatic N) is 2. The van der Waals surface area contributed by atoms with E-state index in [0.29, 0.717) is 6.04 Å². The number of hydrogen-bond donors (Lipinski definition) is 0. The lowest BCUT2D eigenvalue weighted by Gasteiger charge is -2.23. The van der Waals surface area contributed by atoms with Gasteiger partial charge in [0.25, 0.3) is 0 Å². The third-order valence-corrected chi connectivity index (χ3v) is 3.11. The summed E-state index contributed by atoms with van der Waals surface area (Å²) < 4.78 is 7.72. The second-order valence-corrected chi connectivity index (χ2v) is 4.16. The van der Waals surface area contributed by atoms with Gasteiger partial charge in [-0.15, -0.1) is 0 Å². The van der Waals surface area contributed by atoms with E-state index >= 15 is 0 Å². The Hall–Kier alpha value is -1.51. The number of aromatic nitrogens is 2. The number of fused-ring (bicyclic) bond motifs is 1. The molecule has 1 atom stereocenters. The molecule has 0 aliphatic carbocycles. The standard InChI is InChI=1S/C12H14N2O/c1-9-4-2-5-10-8-13-12(14(9)10)11-6-3-7-15-11/h3,6-9H,2,4-5H2,1H3. The van der Waals surface area contributed by atoms with Crippen molar-refractivity contribution in [3.8, 4) is 11.6 Å². The number of aryl methyl sites for hydroxylation is 1. The second kappa shape index (κ2) is 3.26. The Morgan fingerprint density at radius 1 is 1.53 bits per heavy atom. The quantitative estimate of drug-likeness (QED) is 0.711. The minimum Gasteiger partial charge on any atom is -0.461 e. The van der Waals surface area contributed by atoms with Crippen molar-refractivity contribution in [1.29, 1.82) is 0 Å². The van der Waals surface area contributed by atoms with Crippen LogP contribution >= 0.6 is 0 Å². The summed E-state index contributed by atoms with van der Waals surface area (Å²) in [6, 6.07) is 4.41. The Morgan fingerprint density at radius 3 is 3.27 bits per heavy atom. The van der Waals surface area contributed by atoms with E-state index in [1.807, 2.05) is 18.3 Å². The number of imidazole rings is 1. The molecule has 0 fully saturated rings. The summed E-state index contributed by atoms with van der Waals surface area (Å²) in [5.41, 5.74) is 1.33. The van der Waals surface area contributed by atoms with Gasteiger partial charge in [0.15, 0.2) is 11.6 Å². The van der Waals surface area contributed by atoms with Crippen LogP contribution in [0, 0.1) is 0 Å². The molecule has 1 unspecified atom stereocenters. The molecular formula is C12H14N2O. The van der Waals surface area contributed by atoms with Crippen LogP contribution in [-0.4, -0.2) is 9.55 Å². The van der Waals surface area contributed by atoms with Crippen LogP contribution in [0.5, 0.6) is 0 Å². The zero-order chi connectivity index (χ0) is 10.3. The molecule has 0 saturated carbocycles. The Labute approximate surface area is 88.7 Å². The minimum absolute atomic E-state index is 0.538. The molecule has 2 aromatic heterocycles. The molecule has 0 N–H and O–H groups in total. The first kappa shape index (κ1) is 8.77. The molecule has 0 aromatic carbocycles. The summed E-state index contributed by atoms with van der Waals surface area (Å²) in [5, 5.41) is 0. The average molecular weight is 202 g/mol. The summed E-state index contributed by atoms with van der Waals surface area (Å²) in [6.45, 7) is 2.25. The van der Waals surface area contributed by atoms with Gasteiger partial charge < -0.3 is 8.98 Å². The summed E-state index contributed by atoms with van der Waals surface area (Å²) in [5.74, 6) is 1.84. The van der Waals surface area contributed by atoms with Crippen molar-refractivity contribution in [2.75, 3.05) is 0 Å². The first-order valence-corrected chi connectivity index (χ1v) is 5.46. The molecule has 3 heteroatoms. The summed E-state index contributed by atoms with van der Waals surface area (Å²) in [4.78, 5) is 4.46. The molecule has 1 aliphatic heterocycles. The lowest BCUT2D eigenvalue weighted by Crippen LogP contribution is -2.15. The molecule has 0 saturated heterocycles. The highest BCUT2D eigenvalue weighted by molar-refractivity contribution is 5.48. The predicted octanol–water partition coefficient (Wildman–Crippen LogP) is 3.04. The molecule has 3 nitrogen and oxygen atoms in total. The molecule has 15 heavy (non-hydrogen) atoms. The highest BCUT2D eigenvalue weighted by atomic mass is 16.3. The fourth-order valence-corrected chi connectivity index (χ4v) is 2.37. The van der Waals surface area contributed by atoms with Crippen molar-refractivity contribution in [2.24, 2.45) is 0 Å². The SMILES string of the molecule is CC1CCCc2cnc(-c3ccco3)n21. The molecule has 0 radical (unpaired) electrons. The van der Waals surface area contributed by atoms with Crippen LogP contribution in [0.4, 0.5) is 0 Å². The van der Waals surface area contributed by atoms with E-state index in [1.165, 1.54) is 18.5 Å². The number of hydrogen-bond acceptors (Lipinski definition) is 2. The highest BCUT2D eigenvalue weighted by Gasteiger charge is 2.21. The zero-order valence-electron chi connectivity index (χ0n) is 8.81. The van der Waals surface area contributed by atoms with Crippen molar-refractivity contribution in [2.45, 2.75) is 32.2 Å². The molecule has 0 amide bonds. The van der Waals surface area contributed by atoms with Gasteiger partial charge in [-0.05, 0) is 38.3 Å². The van der Waals surface area contributed by atoms with E-state index in [9.17, 15) is 0 Å². The van der Waals surface area contributed by atoms with Gasteiger partial charge >= 0.3 is 0 Å². The van der Waals surface area contributed by atoms with Gasteiger partial charge in [-0.1, -0.05) is 0 Å². The van der Waals surface area contributed by atoms with E-state index in [1.54, 1.807) is 6.26 Å². The Kier molecular flexibility index (Phi) is 1.91. The molecule has 0 spiro atoms. The van der Waals surface area contributed by atoms with Crippen molar-refractivity contribution in [1.82, 2.24) is 9.55 Å². The normalized spacial score (nSPS) is 20.2. The van der Waals surface area contributed by atoms with Gasteiger partial charge in [0.1, 0.15) is 0 Å². The highest BCUT2D eigenvalue weighted by Crippen LogP contribution is 2.30. The van der Waals surface area contributed by atoms with Crippen LogP contribution < -0.4 is 0 Å². The Balaban J connectivity index is 2.14. The third kappa shape index (κ3) is 1.30. The maximum atomic E-state index is 5.41. The largest absolute Gasteiger partial charge is 0.461 e. The number of furan rings is 1. The van der Waals surface area contributed by atoms with Crippen molar-refractivity contribution >= 4 is 0 Å². The van der Waals surface area contributed by atoms with Crippen molar-refractivity contribution in [3.63, 3.8) is 0 Å². The van der Waals surface area contributed by atoms with Gasteiger partial charge in [-0.2, -0.15) is 0 Å². The smallest absolute Gasteiger partial charge is 0.176 e. The van der Waals surface area contributed by atoms with E-state index in [2.05, 4.69) is 16.5 Å². The maximum Gasteiger partial charge on any atom is 0.176 e. The van der Waals surface area contributed by atoms with E-state index < -0.39 is 0 Å². The molecular weight excluding hydrogens is 188 g/mol. The van der Waals surface area contributed by atoms with Gasteiger partial charge in [0.05, 0.1) is 6.26 Å². The average Bonchev–Trinajstić information content (AvgIpc) is 2.85. The van der Waals surface area contributed by atoms with Crippen LogP contribution in [0.2, 0.25) is 0 Å². The summed E-state index contributed by atoms with van der Waals surface area (Å²) in [7, 11) is 0. The fourth-order valence-electron chi connectivity index (χ4n) is 2.37. The molecule has 1 aliphatic rings. The molecule has 2 aromatic rings. The van der Waals surface area contributed by atoms with Gasteiger partial charge in [-0.3, -0.25) is 0 Å². The first-order valence-electron chi connectivity index (χ1n) is 5.46. The van der Waals surface area contributed by atoms with Crippen LogP contribution in [0.3, 0.4) is 0 Å². The van der Waals surface area contributed by atoms with E-state index in [-0.39, 0.29) is 0 Å². The maximum absolute atomic E-state index is 5.41.